The number of hydrogen-bond donors (Lipinski definition) is 0. The second-order valence-electron chi connectivity index (χ2n) is 2.67. The van der Waals surface area contributed by atoms with Crippen molar-refractivity contribution in [2.45, 2.75) is 6.42 Å². The van der Waals surface area contributed by atoms with E-state index in [2.05, 4.69) is 20.9 Å². The number of aromatic nitrogens is 1. The minimum absolute atomic E-state index is 0.0278. The summed E-state index contributed by atoms with van der Waals surface area (Å²) in [7, 11) is 0. The van der Waals surface area contributed by atoms with E-state index in [0.717, 1.165) is 4.88 Å². The molecule has 0 bridgehead atoms. The van der Waals surface area contributed by atoms with Crippen LogP contribution in [0.2, 0.25) is 0 Å². The molecule has 2 heterocycles. The van der Waals surface area contributed by atoms with E-state index < -0.39 is 0 Å². The van der Waals surface area contributed by atoms with Crippen LogP contribution in [0.4, 0.5) is 0 Å². The summed E-state index contributed by atoms with van der Waals surface area (Å²) in [6.07, 6.45) is 2.05. The van der Waals surface area contributed by atoms with Gasteiger partial charge in [0.2, 0.25) is 5.78 Å². The van der Waals surface area contributed by atoms with Crippen molar-refractivity contribution in [3.05, 3.63) is 39.1 Å². The maximum atomic E-state index is 11.6. The molecular formula is C9H6BrNO2S. The molecule has 2 aromatic rings. The van der Waals surface area contributed by atoms with Gasteiger partial charge in [-0.25, -0.2) is 0 Å². The lowest BCUT2D eigenvalue weighted by Crippen LogP contribution is -2.00. The van der Waals surface area contributed by atoms with Crippen molar-refractivity contribution >= 4 is 33.0 Å². The summed E-state index contributed by atoms with van der Waals surface area (Å²) in [6, 6.07) is 3.37. The molecule has 0 amide bonds. The van der Waals surface area contributed by atoms with Crippen LogP contribution in [0.15, 0.2) is 32.9 Å². The molecular weight excluding hydrogens is 266 g/mol. The normalized spacial score (nSPS) is 10.4. The van der Waals surface area contributed by atoms with Gasteiger partial charge in [0.05, 0.1) is 11.9 Å². The van der Waals surface area contributed by atoms with Crippen LogP contribution in [0.5, 0.6) is 0 Å². The third-order valence-electron chi connectivity index (χ3n) is 1.67. The summed E-state index contributed by atoms with van der Waals surface area (Å²) < 4.78 is 5.72. The van der Waals surface area contributed by atoms with Crippen LogP contribution in [-0.4, -0.2) is 10.8 Å². The number of halogens is 1. The second-order valence-corrected chi connectivity index (χ2v) is 4.42. The molecule has 0 unspecified atom stereocenters. The molecule has 2 aromatic heterocycles. The zero-order valence-corrected chi connectivity index (χ0v) is 9.47. The van der Waals surface area contributed by atoms with E-state index in [1.165, 1.54) is 11.3 Å². The Morgan fingerprint density at radius 3 is 3.00 bits per heavy atom. The number of nitrogens with zero attached hydrogens (tertiary/aromatic N) is 1. The van der Waals surface area contributed by atoms with Gasteiger partial charge in [0.1, 0.15) is 0 Å². The first-order chi connectivity index (χ1) is 6.75. The molecule has 14 heavy (non-hydrogen) atoms. The first-order valence-corrected chi connectivity index (χ1v) is 5.59. The fourth-order valence-electron chi connectivity index (χ4n) is 1.04. The smallest absolute Gasteiger partial charge is 0.203 e. The third-order valence-corrected chi connectivity index (χ3v) is 2.87. The van der Waals surface area contributed by atoms with Crippen molar-refractivity contribution in [3.63, 3.8) is 0 Å². The van der Waals surface area contributed by atoms with Gasteiger partial charge in [-0.05, 0) is 28.1 Å². The van der Waals surface area contributed by atoms with Gasteiger partial charge >= 0.3 is 0 Å². The lowest BCUT2D eigenvalue weighted by atomic mass is 10.2. The summed E-state index contributed by atoms with van der Waals surface area (Å²) >= 11 is 4.62. The monoisotopic (exact) mass is 271 g/mol. The molecule has 0 spiro atoms. The number of rotatable bonds is 3. The van der Waals surface area contributed by atoms with Crippen molar-refractivity contribution in [3.8, 4) is 0 Å². The van der Waals surface area contributed by atoms with E-state index >= 15 is 0 Å². The predicted molar refractivity (Wildman–Crippen MR) is 56.6 cm³/mol. The van der Waals surface area contributed by atoms with Gasteiger partial charge in [0.25, 0.3) is 0 Å². The molecule has 0 saturated carbocycles. The van der Waals surface area contributed by atoms with E-state index in [-0.39, 0.29) is 5.78 Å². The molecule has 0 atom stereocenters. The fourth-order valence-corrected chi connectivity index (χ4v) is 1.94. The van der Waals surface area contributed by atoms with Crippen LogP contribution in [0.1, 0.15) is 15.4 Å². The standard InChI is InChI=1S/C9H6BrNO2S/c10-9-2-1-8(13-9)7(12)3-6-4-11-5-14-6/h1-2,4-5H,3H2. The largest absolute Gasteiger partial charge is 0.446 e. The number of Topliss-reactive ketones (excluding diaryl/α,β-unsaturated/α-hetero) is 1. The van der Waals surface area contributed by atoms with E-state index in [0.29, 0.717) is 16.9 Å². The Bertz CT molecular complexity index is 435. The van der Waals surface area contributed by atoms with Crippen molar-refractivity contribution in [1.82, 2.24) is 4.98 Å². The van der Waals surface area contributed by atoms with Crippen LogP contribution < -0.4 is 0 Å². The Morgan fingerprint density at radius 1 is 1.57 bits per heavy atom. The third kappa shape index (κ3) is 2.10. The highest BCUT2D eigenvalue weighted by Gasteiger charge is 2.11. The Hall–Kier alpha value is -0.940. The van der Waals surface area contributed by atoms with Gasteiger partial charge in [0, 0.05) is 11.1 Å². The van der Waals surface area contributed by atoms with Crippen LogP contribution in [0.25, 0.3) is 0 Å². The molecule has 3 nitrogen and oxygen atoms in total. The van der Waals surface area contributed by atoms with Gasteiger partial charge in [-0.2, -0.15) is 0 Å². The molecule has 5 heteroatoms. The summed E-state index contributed by atoms with van der Waals surface area (Å²) in [5.41, 5.74) is 1.71. The number of furan rings is 1. The van der Waals surface area contributed by atoms with Gasteiger partial charge in [0.15, 0.2) is 10.4 Å². The highest BCUT2D eigenvalue weighted by atomic mass is 79.9. The Morgan fingerprint density at radius 2 is 2.43 bits per heavy atom. The average molecular weight is 272 g/mol. The zero-order chi connectivity index (χ0) is 9.97. The number of hydrogen-bond acceptors (Lipinski definition) is 4. The molecule has 0 aliphatic heterocycles. The molecule has 0 N–H and O–H groups in total. The maximum Gasteiger partial charge on any atom is 0.203 e. The Labute approximate surface area is 92.9 Å². The summed E-state index contributed by atoms with van der Waals surface area (Å²) in [4.78, 5) is 16.4. The van der Waals surface area contributed by atoms with Gasteiger partial charge in [-0.15, -0.1) is 11.3 Å². The van der Waals surface area contributed by atoms with Crippen molar-refractivity contribution in [1.29, 1.82) is 0 Å². The minimum atomic E-state index is -0.0278. The lowest BCUT2D eigenvalue weighted by molar-refractivity contribution is 0.0966. The van der Waals surface area contributed by atoms with E-state index in [4.69, 9.17) is 4.42 Å². The molecule has 0 fully saturated rings. The SMILES string of the molecule is O=C(Cc1cncs1)c1ccc(Br)o1. The zero-order valence-electron chi connectivity index (χ0n) is 7.07. The molecule has 0 aliphatic carbocycles. The van der Waals surface area contributed by atoms with Crippen LogP contribution in [0.3, 0.4) is 0 Å². The number of thiazole rings is 1. The summed E-state index contributed by atoms with van der Waals surface area (Å²) in [6.45, 7) is 0. The second kappa shape index (κ2) is 4.06. The van der Waals surface area contributed by atoms with E-state index in [9.17, 15) is 4.79 Å². The predicted octanol–water partition coefficient (Wildman–Crippen LogP) is 2.92. The van der Waals surface area contributed by atoms with Crippen molar-refractivity contribution < 1.29 is 9.21 Å². The Kier molecular flexibility index (Phi) is 2.79. The van der Waals surface area contributed by atoms with Crippen LogP contribution in [0, 0.1) is 0 Å². The molecule has 72 valence electrons. The fraction of sp³-hybridized carbons (Fsp3) is 0.111. The Balaban J connectivity index is 2.10. The minimum Gasteiger partial charge on any atom is -0.446 e. The maximum absolute atomic E-state index is 11.6. The number of carbonyl (C=O) groups is 1. The first kappa shape index (κ1) is 9.61. The summed E-state index contributed by atoms with van der Waals surface area (Å²) in [5, 5.41) is 0. The van der Waals surface area contributed by atoms with Crippen LogP contribution >= 0.6 is 27.3 Å². The first-order valence-electron chi connectivity index (χ1n) is 3.91. The van der Waals surface area contributed by atoms with Crippen molar-refractivity contribution in [2.24, 2.45) is 0 Å². The molecule has 0 aromatic carbocycles. The molecule has 0 aliphatic rings. The van der Waals surface area contributed by atoms with Crippen molar-refractivity contribution in [2.75, 3.05) is 0 Å². The lowest BCUT2D eigenvalue weighted by Gasteiger charge is -1.92. The highest BCUT2D eigenvalue weighted by molar-refractivity contribution is 9.10. The van der Waals surface area contributed by atoms with Gasteiger partial charge in [-0.1, -0.05) is 0 Å². The highest BCUT2D eigenvalue weighted by Crippen LogP contribution is 2.17. The van der Waals surface area contributed by atoms with E-state index in [1.54, 1.807) is 23.8 Å². The molecule has 0 saturated heterocycles. The van der Waals surface area contributed by atoms with Crippen LogP contribution in [-0.2, 0) is 6.42 Å². The molecule has 2 rings (SSSR count). The number of carbonyl (C=O) groups excluding carboxylic acids is 1. The quantitative estimate of drug-likeness (QED) is 0.807. The van der Waals surface area contributed by atoms with E-state index in [1.807, 2.05) is 0 Å². The molecule has 0 radical (unpaired) electrons. The topological polar surface area (TPSA) is 43.1 Å². The number of ketones is 1. The summed E-state index contributed by atoms with van der Waals surface area (Å²) in [5.74, 6) is 0.352. The van der Waals surface area contributed by atoms with Gasteiger partial charge < -0.3 is 4.42 Å². The average Bonchev–Trinajstić information content (AvgIpc) is 2.75. The van der Waals surface area contributed by atoms with Gasteiger partial charge in [-0.3, -0.25) is 9.78 Å².